The molecule has 7 rings (SSSR count). The van der Waals surface area contributed by atoms with Gasteiger partial charge in [0.05, 0.1) is 26.4 Å². The van der Waals surface area contributed by atoms with E-state index in [2.05, 4.69) is 48.4 Å². The van der Waals surface area contributed by atoms with Crippen LogP contribution in [0.4, 0.5) is 5.69 Å². The number of hydroxylamine groups is 2. The third-order valence-corrected chi connectivity index (χ3v) is 13.2. The second-order valence-corrected chi connectivity index (χ2v) is 17.9. The van der Waals surface area contributed by atoms with Gasteiger partial charge in [-0.15, -0.1) is 0 Å². The van der Waals surface area contributed by atoms with Gasteiger partial charge in [-0.05, 0) is 99.2 Å². The first-order chi connectivity index (χ1) is 27.1. The van der Waals surface area contributed by atoms with Gasteiger partial charge in [0.15, 0.2) is 0 Å². The molecule has 2 amide bonds. The predicted octanol–water partition coefficient (Wildman–Crippen LogP) is 5.38. The number of nitrogens with one attached hydrogen (secondary N) is 2. The zero-order valence-corrected chi connectivity index (χ0v) is 35.4. The van der Waals surface area contributed by atoms with Crippen LogP contribution >= 0.6 is 0 Å². The minimum Gasteiger partial charge on any atom is -0.496 e. The largest absolute Gasteiger partial charge is 0.496 e. The van der Waals surface area contributed by atoms with Gasteiger partial charge in [-0.1, -0.05) is 69.3 Å². The van der Waals surface area contributed by atoms with Crippen LogP contribution in [-0.2, 0) is 22.6 Å². The number of methoxy groups -OCH3 is 1. The van der Waals surface area contributed by atoms with Gasteiger partial charge in [0.2, 0.25) is 5.91 Å². The summed E-state index contributed by atoms with van der Waals surface area (Å²) in [6.45, 7) is 9.11. The van der Waals surface area contributed by atoms with Crippen LogP contribution in [0.3, 0.4) is 0 Å². The van der Waals surface area contributed by atoms with E-state index in [1.807, 2.05) is 87.7 Å². The van der Waals surface area contributed by atoms with Crippen LogP contribution in [0.5, 0.6) is 5.75 Å². The Labute approximate surface area is 339 Å². The van der Waals surface area contributed by atoms with Crippen LogP contribution in [0.2, 0.25) is 0 Å². The fourth-order valence-electron chi connectivity index (χ4n) is 9.89. The van der Waals surface area contributed by atoms with E-state index in [9.17, 15) is 19.8 Å². The number of aryl methyl sites for hydroxylation is 1. The van der Waals surface area contributed by atoms with Crippen molar-refractivity contribution in [1.29, 1.82) is 0 Å². The predicted molar refractivity (Wildman–Crippen MR) is 225 cm³/mol. The Kier molecular flexibility index (Phi) is 13.4. The molecule has 0 aromatic heterocycles. The van der Waals surface area contributed by atoms with Crippen LogP contribution in [-0.4, -0.2) is 111 Å². The lowest BCUT2D eigenvalue weighted by molar-refractivity contribution is -0.183. The summed E-state index contributed by atoms with van der Waals surface area (Å²) < 4.78 is 6.12. The molecular weight excluding hydrogens is 719 g/mol. The summed E-state index contributed by atoms with van der Waals surface area (Å²) in [5, 5.41) is 29.7. The number of amides is 2. The molecule has 1 aliphatic heterocycles. The lowest BCUT2D eigenvalue weighted by Crippen LogP contribution is -2.62. The molecule has 310 valence electrons. The first-order valence-electron chi connectivity index (χ1n) is 20.6. The summed E-state index contributed by atoms with van der Waals surface area (Å²) in [5.41, 5.74) is 5.26. The summed E-state index contributed by atoms with van der Waals surface area (Å²) in [5.74, 6) is 1.05. The number of likely N-dealkylation sites (N-methyl/N-ethyl adjacent to an activating group) is 1. The zero-order chi connectivity index (χ0) is 41.2. The van der Waals surface area contributed by atoms with Crippen molar-refractivity contribution in [2.45, 2.75) is 90.3 Å². The molecule has 0 radical (unpaired) electrons. The summed E-state index contributed by atoms with van der Waals surface area (Å²) in [7, 11) is 9.55. The van der Waals surface area contributed by atoms with Gasteiger partial charge in [0, 0.05) is 61.0 Å². The molecule has 4 N–H and O–H groups in total. The van der Waals surface area contributed by atoms with Crippen molar-refractivity contribution in [2.75, 3.05) is 53.4 Å². The van der Waals surface area contributed by atoms with Crippen molar-refractivity contribution in [2.24, 2.45) is 29.1 Å². The molecule has 4 aliphatic rings. The molecule has 3 aromatic carbocycles. The molecule has 9 atom stereocenters. The van der Waals surface area contributed by atoms with E-state index in [1.165, 1.54) is 12.0 Å². The minimum atomic E-state index is -0.902. The Morgan fingerprint density at radius 3 is 2.39 bits per heavy atom. The first kappa shape index (κ1) is 42.6. The van der Waals surface area contributed by atoms with Crippen LogP contribution in [0, 0.1) is 29.1 Å². The summed E-state index contributed by atoms with van der Waals surface area (Å²) in [6.07, 6.45) is 2.13. The Balaban J connectivity index is 1.27. The number of para-hydroxylation sites is 1. The van der Waals surface area contributed by atoms with Gasteiger partial charge >= 0.3 is 0 Å². The van der Waals surface area contributed by atoms with Gasteiger partial charge in [-0.2, -0.15) is 5.06 Å². The highest BCUT2D eigenvalue weighted by molar-refractivity contribution is 5.97. The van der Waals surface area contributed by atoms with Crippen molar-refractivity contribution < 1.29 is 29.4 Å². The fourth-order valence-corrected chi connectivity index (χ4v) is 9.89. The van der Waals surface area contributed by atoms with Crippen molar-refractivity contribution >= 4 is 17.5 Å². The summed E-state index contributed by atoms with van der Waals surface area (Å²) >= 11 is 0. The Morgan fingerprint density at radius 1 is 1.04 bits per heavy atom. The van der Waals surface area contributed by atoms with Crippen molar-refractivity contribution in [3.63, 3.8) is 0 Å². The fraction of sp³-hybridized carbons (Fsp3) is 0.565. The van der Waals surface area contributed by atoms with Crippen molar-refractivity contribution in [3.8, 4) is 16.9 Å². The number of ether oxygens (including phenoxy) is 1. The average Bonchev–Trinajstić information content (AvgIpc) is 3.56. The number of aliphatic hydroxyl groups is 2. The van der Waals surface area contributed by atoms with Gasteiger partial charge in [0.1, 0.15) is 17.9 Å². The molecule has 0 unspecified atom stereocenters. The van der Waals surface area contributed by atoms with Crippen molar-refractivity contribution in [1.82, 2.24) is 20.6 Å². The monoisotopic (exact) mass is 783 g/mol. The maximum atomic E-state index is 14.3. The Hall–Kier alpha value is -4.00. The second kappa shape index (κ2) is 17.9. The van der Waals surface area contributed by atoms with E-state index in [4.69, 9.17) is 9.57 Å². The van der Waals surface area contributed by atoms with Gasteiger partial charge in [-0.3, -0.25) is 14.4 Å². The molecule has 57 heavy (non-hydrogen) atoms. The molecule has 1 heterocycles. The normalized spacial score (nSPS) is 26.4. The number of fused-ring (bicyclic) bond motifs is 2. The number of carbonyl (C=O) groups excluding carboxylic acids is 2. The molecule has 0 spiro atoms. The molecule has 3 saturated carbocycles. The molecule has 11 heteroatoms. The van der Waals surface area contributed by atoms with E-state index in [0.29, 0.717) is 35.6 Å². The second-order valence-electron chi connectivity index (χ2n) is 17.9. The quantitative estimate of drug-likeness (QED) is 0.152. The molecule has 4 fully saturated rings. The van der Waals surface area contributed by atoms with Crippen LogP contribution in [0.25, 0.3) is 11.1 Å². The standard InChI is InChI=1S/C46H65N5O6/c1-28-38-23-34(46(38,3)4)24-39(28)48-45(55)42-41(29(2)53)40(27-52)57-51(42)25-31-16-13-17-37(43(31)56-9)32-20-33(22-36(21-32)50(7)8)44(54)47-35(26-49(5)6)19-18-30-14-11-10-12-15-30/h10-17,20-22,28-29,34-35,38-42,52-53H,18-19,23-27H2,1-9H3,(H,47,54)(H,48,55)/t28-,29-,34+,35-,38+,39-,40-,41+,42-/m0/s1. The number of hydrogen-bond acceptors (Lipinski definition) is 9. The van der Waals surface area contributed by atoms with E-state index in [-0.39, 0.29) is 42.5 Å². The average molecular weight is 784 g/mol. The first-order valence-corrected chi connectivity index (χ1v) is 20.6. The maximum absolute atomic E-state index is 14.3. The number of rotatable bonds is 16. The molecule has 3 aliphatic carbocycles. The number of anilines is 1. The summed E-state index contributed by atoms with van der Waals surface area (Å²) in [4.78, 5) is 38.7. The van der Waals surface area contributed by atoms with Gasteiger partial charge in [0.25, 0.3) is 5.91 Å². The van der Waals surface area contributed by atoms with Crippen LogP contribution in [0.1, 0.15) is 68.4 Å². The van der Waals surface area contributed by atoms with Crippen LogP contribution < -0.4 is 20.3 Å². The number of nitrogens with zero attached hydrogens (tertiary/aromatic N) is 3. The zero-order valence-electron chi connectivity index (χ0n) is 35.4. The molecule has 1 saturated heterocycles. The Bertz CT molecular complexity index is 1850. The third-order valence-electron chi connectivity index (χ3n) is 13.2. The van der Waals surface area contributed by atoms with Gasteiger partial charge in [-0.25, -0.2) is 0 Å². The molecular formula is C46H65N5O6. The van der Waals surface area contributed by atoms with Crippen LogP contribution in [0.15, 0.2) is 66.7 Å². The maximum Gasteiger partial charge on any atom is 0.251 e. The van der Waals surface area contributed by atoms with Crippen molar-refractivity contribution in [3.05, 3.63) is 83.4 Å². The lowest BCUT2D eigenvalue weighted by atomic mass is 9.45. The van der Waals surface area contributed by atoms with Gasteiger partial charge < -0.3 is 35.4 Å². The molecule has 3 aromatic rings. The van der Waals surface area contributed by atoms with E-state index < -0.39 is 24.2 Å². The summed E-state index contributed by atoms with van der Waals surface area (Å²) in [6, 6.07) is 21.1. The third kappa shape index (κ3) is 9.18. The number of benzene rings is 3. The lowest BCUT2D eigenvalue weighted by Gasteiger charge is -2.62. The highest BCUT2D eigenvalue weighted by Crippen LogP contribution is 2.61. The van der Waals surface area contributed by atoms with E-state index in [0.717, 1.165) is 41.6 Å². The number of aliphatic hydroxyl groups excluding tert-OH is 2. The number of carbonyl (C=O) groups is 2. The highest BCUT2D eigenvalue weighted by atomic mass is 16.7. The molecule has 2 bridgehead atoms. The highest BCUT2D eigenvalue weighted by Gasteiger charge is 2.57. The van der Waals surface area contributed by atoms with E-state index in [1.54, 1.807) is 19.1 Å². The smallest absolute Gasteiger partial charge is 0.251 e. The number of hydrogen-bond donors (Lipinski definition) is 4. The van der Waals surface area contributed by atoms with E-state index >= 15 is 0 Å². The SMILES string of the molecule is COc1c(CN2O[C@@H](CO)[C@@H]([C@H](C)O)[C@H]2C(=O)N[C@H]2C[C@H]3C[C@H]([C@@H]2C)C3(C)C)cccc1-c1cc(C(=O)N[C@@H](CCc2ccccc2)CN(C)C)cc(N(C)C)c1. The topological polar surface area (TPSA) is 127 Å². The molecule has 11 nitrogen and oxygen atoms in total. The minimum absolute atomic E-state index is 0.0363. The Morgan fingerprint density at radius 2 is 1.77 bits per heavy atom.